The Labute approximate surface area is 64.4 Å². The van der Waals surface area contributed by atoms with E-state index in [1.807, 2.05) is 0 Å². The molecule has 1 aliphatic heterocycles. The fraction of sp³-hybridized carbons (Fsp3) is 1.00. The molecule has 1 heteroatoms. The Balaban J connectivity index is 2.36. The van der Waals surface area contributed by atoms with Gasteiger partial charge in [0.25, 0.3) is 0 Å². The minimum absolute atomic E-state index is 0.751. The first-order valence-corrected chi connectivity index (χ1v) is 4.38. The molecule has 0 aromatic heterocycles. The van der Waals surface area contributed by atoms with Crippen LogP contribution < -0.4 is 0 Å². The van der Waals surface area contributed by atoms with Crippen LogP contribution in [0.5, 0.6) is 0 Å². The molecule has 1 heterocycles. The van der Waals surface area contributed by atoms with Gasteiger partial charge in [0.15, 0.2) is 0 Å². The smallest absolute Gasteiger partial charge is 0.0133 e. The molecule has 0 saturated carbocycles. The van der Waals surface area contributed by atoms with E-state index in [4.69, 9.17) is 0 Å². The van der Waals surface area contributed by atoms with Crippen molar-refractivity contribution in [3.63, 3.8) is 0 Å². The topological polar surface area (TPSA) is 3.24 Å². The molecule has 1 aliphatic rings. The van der Waals surface area contributed by atoms with Gasteiger partial charge in [0.05, 0.1) is 0 Å². The summed E-state index contributed by atoms with van der Waals surface area (Å²) in [4.78, 5) is 2.59. The zero-order chi connectivity index (χ0) is 7.72. The lowest BCUT2D eigenvalue weighted by Crippen LogP contribution is -2.53. The van der Waals surface area contributed by atoms with Gasteiger partial charge in [0.1, 0.15) is 0 Å². The third kappa shape index (κ3) is 1.34. The van der Waals surface area contributed by atoms with Crippen molar-refractivity contribution < 1.29 is 0 Å². The largest absolute Gasteiger partial charge is 0.298 e. The average molecular weight is 141 g/mol. The first-order chi connectivity index (χ1) is 4.63. The monoisotopic (exact) mass is 141 g/mol. The maximum atomic E-state index is 2.59. The molecule has 0 aromatic rings. The number of nitrogens with zero attached hydrogens (tertiary/aromatic N) is 1. The third-order valence-electron chi connectivity index (χ3n) is 2.54. The fourth-order valence-corrected chi connectivity index (χ4v) is 1.78. The van der Waals surface area contributed by atoms with Crippen LogP contribution in [0.2, 0.25) is 0 Å². The normalized spacial score (nSPS) is 27.6. The van der Waals surface area contributed by atoms with E-state index < -0.39 is 0 Å². The Bertz CT molecular complexity index is 93.3. The Morgan fingerprint density at radius 3 is 1.90 bits per heavy atom. The van der Waals surface area contributed by atoms with E-state index in [1.54, 1.807) is 0 Å². The van der Waals surface area contributed by atoms with Gasteiger partial charge in [-0.25, -0.2) is 0 Å². The summed E-state index contributed by atoms with van der Waals surface area (Å²) in [7, 11) is 0. The van der Waals surface area contributed by atoms with Gasteiger partial charge >= 0.3 is 0 Å². The lowest BCUT2D eigenvalue weighted by atomic mass is 9.90. The molecule has 1 atom stereocenters. The van der Waals surface area contributed by atoms with Crippen molar-refractivity contribution in [1.82, 2.24) is 4.90 Å². The van der Waals surface area contributed by atoms with E-state index in [9.17, 15) is 0 Å². The van der Waals surface area contributed by atoms with Crippen LogP contribution in [-0.2, 0) is 0 Å². The molecule has 1 nitrogen and oxygen atoms in total. The molecule has 0 spiro atoms. The third-order valence-corrected chi connectivity index (χ3v) is 2.54. The van der Waals surface area contributed by atoms with Crippen LogP contribution in [-0.4, -0.2) is 23.5 Å². The van der Waals surface area contributed by atoms with Crippen LogP contribution in [0.25, 0.3) is 0 Å². The molecule has 1 unspecified atom stereocenters. The summed E-state index contributed by atoms with van der Waals surface area (Å²) in [6.45, 7) is 10.5. The number of likely N-dealkylation sites (tertiary alicyclic amines) is 1. The Kier molecular flexibility index (Phi) is 2.35. The molecule has 1 rings (SSSR count). The van der Waals surface area contributed by atoms with Gasteiger partial charge in [-0.1, -0.05) is 13.8 Å². The van der Waals surface area contributed by atoms with Gasteiger partial charge in [-0.05, 0) is 26.2 Å². The molecule has 1 fully saturated rings. The van der Waals surface area contributed by atoms with Crippen molar-refractivity contribution in [3.8, 4) is 0 Å². The maximum Gasteiger partial charge on any atom is 0.0133 e. The van der Waals surface area contributed by atoms with Gasteiger partial charge in [-0.15, -0.1) is 0 Å². The van der Waals surface area contributed by atoms with Crippen LogP contribution in [0.1, 0.15) is 34.1 Å². The highest BCUT2D eigenvalue weighted by atomic mass is 15.2. The Hall–Kier alpha value is -0.0400. The van der Waals surface area contributed by atoms with E-state index >= 15 is 0 Å². The molecule has 60 valence electrons. The molecule has 0 bridgehead atoms. The lowest BCUT2D eigenvalue weighted by molar-refractivity contribution is 0.0265. The lowest BCUT2D eigenvalue weighted by Gasteiger charge is -2.46. The standard InChI is InChI=1S/C9H19N/c1-7(2)9-5-6-10(9)8(3)4/h7-9H,5-6H2,1-4H3. The molecule has 0 amide bonds. The highest BCUT2D eigenvalue weighted by Crippen LogP contribution is 2.26. The second-order valence-corrected chi connectivity index (χ2v) is 3.93. The summed E-state index contributed by atoms with van der Waals surface area (Å²) in [5.74, 6) is 0.844. The van der Waals surface area contributed by atoms with Crippen molar-refractivity contribution in [2.75, 3.05) is 6.54 Å². The summed E-state index contributed by atoms with van der Waals surface area (Å²) in [5.41, 5.74) is 0. The zero-order valence-corrected chi connectivity index (χ0v) is 7.59. The maximum absolute atomic E-state index is 2.59. The van der Waals surface area contributed by atoms with Crippen LogP contribution >= 0.6 is 0 Å². The molecule has 10 heavy (non-hydrogen) atoms. The van der Waals surface area contributed by atoms with Crippen LogP contribution in [0.4, 0.5) is 0 Å². The second kappa shape index (κ2) is 2.91. The summed E-state index contributed by atoms with van der Waals surface area (Å²) in [6.07, 6.45) is 1.41. The minimum Gasteiger partial charge on any atom is -0.298 e. The van der Waals surface area contributed by atoms with Crippen molar-refractivity contribution in [1.29, 1.82) is 0 Å². The van der Waals surface area contributed by atoms with Gasteiger partial charge in [-0.2, -0.15) is 0 Å². The summed E-state index contributed by atoms with van der Waals surface area (Å²) < 4.78 is 0. The zero-order valence-electron chi connectivity index (χ0n) is 7.59. The Morgan fingerprint density at radius 2 is 1.80 bits per heavy atom. The molecule has 0 radical (unpaired) electrons. The molecular weight excluding hydrogens is 122 g/mol. The van der Waals surface area contributed by atoms with Crippen molar-refractivity contribution >= 4 is 0 Å². The van der Waals surface area contributed by atoms with E-state index in [-0.39, 0.29) is 0 Å². The van der Waals surface area contributed by atoms with Gasteiger partial charge < -0.3 is 0 Å². The summed E-state index contributed by atoms with van der Waals surface area (Å²) >= 11 is 0. The Morgan fingerprint density at radius 1 is 1.20 bits per heavy atom. The van der Waals surface area contributed by atoms with Gasteiger partial charge in [0, 0.05) is 18.6 Å². The first kappa shape index (κ1) is 8.06. The molecule has 0 aromatic carbocycles. The number of rotatable bonds is 2. The molecule has 0 aliphatic carbocycles. The van der Waals surface area contributed by atoms with E-state index in [1.165, 1.54) is 13.0 Å². The quantitative estimate of drug-likeness (QED) is 0.569. The van der Waals surface area contributed by atoms with Crippen molar-refractivity contribution in [3.05, 3.63) is 0 Å². The number of hydrogen-bond acceptors (Lipinski definition) is 1. The van der Waals surface area contributed by atoms with Crippen LogP contribution in [0.15, 0.2) is 0 Å². The van der Waals surface area contributed by atoms with Crippen molar-refractivity contribution in [2.24, 2.45) is 5.92 Å². The second-order valence-electron chi connectivity index (χ2n) is 3.93. The van der Waals surface area contributed by atoms with Crippen LogP contribution in [0.3, 0.4) is 0 Å². The van der Waals surface area contributed by atoms with Gasteiger partial charge in [-0.3, -0.25) is 4.90 Å². The van der Waals surface area contributed by atoms with E-state index in [0.717, 1.165) is 18.0 Å². The highest BCUT2D eigenvalue weighted by molar-refractivity contribution is 4.86. The predicted molar refractivity (Wildman–Crippen MR) is 45.1 cm³/mol. The number of hydrogen-bond donors (Lipinski definition) is 0. The van der Waals surface area contributed by atoms with Gasteiger partial charge in [0.2, 0.25) is 0 Å². The molecule has 0 N–H and O–H groups in total. The predicted octanol–water partition coefficient (Wildman–Crippen LogP) is 2.13. The van der Waals surface area contributed by atoms with Crippen LogP contribution in [0, 0.1) is 5.92 Å². The first-order valence-electron chi connectivity index (χ1n) is 4.38. The summed E-state index contributed by atoms with van der Waals surface area (Å²) in [5, 5.41) is 0. The molecule has 1 saturated heterocycles. The fourth-order valence-electron chi connectivity index (χ4n) is 1.78. The SMILES string of the molecule is CC(C)C1CCN1C(C)C. The highest BCUT2D eigenvalue weighted by Gasteiger charge is 2.31. The van der Waals surface area contributed by atoms with Crippen molar-refractivity contribution in [2.45, 2.75) is 46.2 Å². The van der Waals surface area contributed by atoms with E-state index in [0.29, 0.717) is 0 Å². The average Bonchev–Trinajstić information content (AvgIpc) is 1.56. The molecular formula is C9H19N. The summed E-state index contributed by atoms with van der Waals surface area (Å²) in [6, 6.07) is 1.63. The van der Waals surface area contributed by atoms with E-state index in [2.05, 4.69) is 32.6 Å². The minimum atomic E-state index is 0.751.